The van der Waals surface area contributed by atoms with Crippen LogP contribution in [0.5, 0.6) is 5.75 Å². The maximum atomic E-state index is 12.6. The van der Waals surface area contributed by atoms with Gasteiger partial charge in [0.05, 0.1) is 5.92 Å². The quantitative estimate of drug-likeness (QED) is 0.611. The Labute approximate surface area is 154 Å². The normalized spacial score (nSPS) is 16.8. The van der Waals surface area contributed by atoms with Gasteiger partial charge in [0.25, 0.3) is 0 Å². The molecule has 0 saturated carbocycles. The fraction of sp³-hybridized carbons (Fsp3) is 0.364. The van der Waals surface area contributed by atoms with Crippen molar-refractivity contribution in [2.24, 2.45) is 5.92 Å². The Morgan fingerprint density at radius 1 is 1.08 bits per heavy atom. The molecule has 136 valence electrons. The molecule has 0 aromatic heterocycles. The van der Waals surface area contributed by atoms with Gasteiger partial charge < -0.3 is 9.64 Å². The number of aryl methyl sites for hydroxylation is 2. The highest BCUT2D eigenvalue weighted by Gasteiger charge is 2.35. The van der Waals surface area contributed by atoms with E-state index in [0.29, 0.717) is 18.8 Å². The molecule has 0 bridgehead atoms. The van der Waals surface area contributed by atoms with Crippen molar-refractivity contribution in [3.63, 3.8) is 0 Å². The number of rotatable bonds is 5. The SMILES string of the molecule is Cc1ccc(C)c(OC(=O)[C@H]2CC(=O)N(CCc3ccccc3)C2)c1C. The molecule has 2 aromatic rings. The lowest BCUT2D eigenvalue weighted by molar-refractivity contribution is -0.139. The van der Waals surface area contributed by atoms with Gasteiger partial charge >= 0.3 is 5.97 Å². The van der Waals surface area contributed by atoms with Gasteiger partial charge in [0.15, 0.2) is 0 Å². The second-order valence-corrected chi connectivity index (χ2v) is 7.05. The van der Waals surface area contributed by atoms with E-state index in [1.54, 1.807) is 4.90 Å². The van der Waals surface area contributed by atoms with Gasteiger partial charge in [-0.05, 0) is 49.4 Å². The number of hydrogen-bond donors (Lipinski definition) is 0. The highest BCUT2D eigenvalue weighted by molar-refractivity contribution is 5.87. The molecule has 4 nitrogen and oxygen atoms in total. The minimum Gasteiger partial charge on any atom is -0.426 e. The maximum absolute atomic E-state index is 12.6. The number of likely N-dealkylation sites (tertiary alicyclic amines) is 1. The van der Waals surface area contributed by atoms with Crippen LogP contribution in [0.4, 0.5) is 0 Å². The van der Waals surface area contributed by atoms with Crippen LogP contribution in [0, 0.1) is 26.7 Å². The molecule has 0 radical (unpaired) electrons. The molecule has 1 aliphatic rings. The van der Waals surface area contributed by atoms with Crippen molar-refractivity contribution < 1.29 is 14.3 Å². The summed E-state index contributed by atoms with van der Waals surface area (Å²) in [5, 5.41) is 0. The zero-order chi connectivity index (χ0) is 18.7. The average Bonchev–Trinajstić information content (AvgIpc) is 3.02. The molecule has 1 amide bonds. The first-order chi connectivity index (χ1) is 12.5. The predicted molar refractivity (Wildman–Crippen MR) is 101 cm³/mol. The number of nitrogens with zero attached hydrogens (tertiary/aromatic N) is 1. The Balaban J connectivity index is 1.61. The molecule has 26 heavy (non-hydrogen) atoms. The summed E-state index contributed by atoms with van der Waals surface area (Å²) in [7, 11) is 0. The molecule has 0 unspecified atom stereocenters. The van der Waals surface area contributed by atoms with E-state index in [1.807, 2.05) is 51.1 Å². The van der Waals surface area contributed by atoms with Crippen LogP contribution >= 0.6 is 0 Å². The Morgan fingerprint density at radius 2 is 1.77 bits per heavy atom. The van der Waals surface area contributed by atoms with Gasteiger partial charge in [-0.1, -0.05) is 42.5 Å². The lowest BCUT2D eigenvalue weighted by Gasteiger charge is -2.17. The zero-order valence-electron chi connectivity index (χ0n) is 15.6. The van der Waals surface area contributed by atoms with Crippen molar-refractivity contribution in [3.05, 3.63) is 64.7 Å². The summed E-state index contributed by atoms with van der Waals surface area (Å²) in [6.07, 6.45) is 1.03. The summed E-state index contributed by atoms with van der Waals surface area (Å²) in [5.41, 5.74) is 4.19. The molecule has 0 spiro atoms. The Kier molecular flexibility index (Phi) is 5.40. The van der Waals surface area contributed by atoms with Gasteiger partial charge in [-0.3, -0.25) is 9.59 Å². The molecule has 4 heteroatoms. The van der Waals surface area contributed by atoms with Crippen molar-refractivity contribution in [2.75, 3.05) is 13.1 Å². The van der Waals surface area contributed by atoms with E-state index in [9.17, 15) is 9.59 Å². The Hall–Kier alpha value is -2.62. The molecule has 3 rings (SSSR count). The van der Waals surface area contributed by atoms with E-state index in [-0.39, 0.29) is 18.3 Å². The monoisotopic (exact) mass is 351 g/mol. The summed E-state index contributed by atoms with van der Waals surface area (Å²) in [6.45, 7) is 6.96. The highest BCUT2D eigenvalue weighted by atomic mass is 16.5. The van der Waals surface area contributed by atoms with E-state index in [2.05, 4.69) is 12.1 Å². The first kappa shape index (κ1) is 18.2. The summed E-state index contributed by atoms with van der Waals surface area (Å²) < 4.78 is 5.68. The molecule has 1 saturated heterocycles. The maximum Gasteiger partial charge on any atom is 0.316 e. The van der Waals surface area contributed by atoms with Crippen LogP contribution in [0.25, 0.3) is 0 Å². The smallest absolute Gasteiger partial charge is 0.316 e. The number of esters is 1. The summed E-state index contributed by atoms with van der Waals surface area (Å²) in [6, 6.07) is 14.0. The highest BCUT2D eigenvalue weighted by Crippen LogP contribution is 2.28. The largest absolute Gasteiger partial charge is 0.426 e. The molecule has 0 N–H and O–H groups in total. The fourth-order valence-corrected chi connectivity index (χ4v) is 3.32. The summed E-state index contributed by atoms with van der Waals surface area (Å²) >= 11 is 0. The van der Waals surface area contributed by atoms with Crippen molar-refractivity contribution in [2.45, 2.75) is 33.6 Å². The number of benzene rings is 2. The summed E-state index contributed by atoms with van der Waals surface area (Å²) in [4.78, 5) is 26.6. The van der Waals surface area contributed by atoms with Gasteiger partial charge in [0.2, 0.25) is 5.91 Å². The van der Waals surface area contributed by atoms with Crippen molar-refractivity contribution in [1.82, 2.24) is 4.90 Å². The van der Waals surface area contributed by atoms with Gasteiger partial charge in [-0.25, -0.2) is 0 Å². The van der Waals surface area contributed by atoms with E-state index in [4.69, 9.17) is 4.74 Å². The standard InChI is InChI=1S/C22H25NO3/c1-15-9-10-16(2)21(17(15)3)26-22(25)19-13-20(24)23(14-19)12-11-18-7-5-4-6-8-18/h4-10,19H,11-14H2,1-3H3/t19-/m0/s1. The minimum atomic E-state index is -0.391. The molecule has 1 atom stereocenters. The van der Waals surface area contributed by atoms with Crippen molar-refractivity contribution >= 4 is 11.9 Å². The Bertz CT molecular complexity index is 814. The van der Waals surface area contributed by atoms with E-state index in [1.165, 1.54) is 5.56 Å². The van der Waals surface area contributed by atoms with Gasteiger partial charge in [-0.15, -0.1) is 0 Å². The molecule has 0 aliphatic carbocycles. The molecule has 1 aliphatic heterocycles. The Morgan fingerprint density at radius 3 is 2.50 bits per heavy atom. The van der Waals surface area contributed by atoms with Crippen LogP contribution in [0.15, 0.2) is 42.5 Å². The second kappa shape index (κ2) is 7.73. The molecule has 2 aromatic carbocycles. The minimum absolute atomic E-state index is 0.0283. The number of amides is 1. The number of hydrogen-bond acceptors (Lipinski definition) is 3. The zero-order valence-corrected chi connectivity index (χ0v) is 15.6. The second-order valence-electron chi connectivity index (χ2n) is 7.05. The van der Waals surface area contributed by atoms with Gasteiger partial charge in [0, 0.05) is 19.5 Å². The van der Waals surface area contributed by atoms with Crippen LogP contribution in [0.1, 0.15) is 28.7 Å². The summed E-state index contributed by atoms with van der Waals surface area (Å²) in [5.74, 6) is -0.0410. The van der Waals surface area contributed by atoms with Gasteiger partial charge in [0.1, 0.15) is 5.75 Å². The third kappa shape index (κ3) is 3.96. The fourth-order valence-electron chi connectivity index (χ4n) is 3.32. The topological polar surface area (TPSA) is 46.6 Å². The van der Waals surface area contributed by atoms with Crippen LogP contribution in [0.2, 0.25) is 0 Å². The van der Waals surface area contributed by atoms with Crippen molar-refractivity contribution in [3.8, 4) is 5.75 Å². The average molecular weight is 351 g/mol. The van der Waals surface area contributed by atoms with E-state index < -0.39 is 5.92 Å². The number of carbonyl (C=O) groups excluding carboxylic acids is 2. The first-order valence-corrected chi connectivity index (χ1v) is 9.06. The molecular weight excluding hydrogens is 326 g/mol. The van der Waals surface area contributed by atoms with Crippen LogP contribution in [-0.4, -0.2) is 29.9 Å². The lowest BCUT2D eigenvalue weighted by atomic mass is 10.0. The van der Waals surface area contributed by atoms with Gasteiger partial charge in [-0.2, -0.15) is 0 Å². The number of ether oxygens (including phenoxy) is 1. The van der Waals surface area contributed by atoms with Crippen LogP contribution < -0.4 is 4.74 Å². The predicted octanol–water partition coefficient (Wildman–Crippen LogP) is 3.61. The van der Waals surface area contributed by atoms with Crippen molar-refractivity contribution in [1.29, 1.82) is 0 Å². The van der Waals surface area contributed by atoms with E-state index >= 15 is 0 Å². The van der Waals surface area contributed by atoms with Crippen LogP contribution in [-0.2, 0) is 16.0 Å². The molecule has 1 fully saturated rings. The number of carbonyl (C=O) groups is 2. The first-order valence-electron chi connectivity index (χ1n) is 9.06. The van der Waals surface area contributed by atoms with Crippen LogP contribution in [0.3, 0.4) is 0 Å². The lowest BCUT2D eigenvalue weighted by Crippen LogP contribution is -2.29. The molecular formula is C22H25NO3. The van der Waals surface area contributed by atoms with E-state index in [0.717, 1.165) is 23.1 Å². The third-order valence-electron chi connectivity index (χ3n) is 5.14. The third-order valence-corrected chi connectivity index (χ3v) is 5.14. The molecule has 1 heterocycles.